The molecular formula is C21H23ClN2O2. The molecule has 1 atom stereocenters. The van der Waals surface area contributed by atoms with Gasteiger partial charge in [-0.2, -0.15) is 0 Å². The molecule has 1 heterocycles. The van der Waals surface area contributed by atoms with E-state index in [1.165, 1.54) is 5.56 Å². The van der Waals surface area contributed by atoms with Crippen LogP contribution in [0.15, 0.2) is 30.3 Å². The van der Waals surface area contributed by atoms with Gasteiger partial charge in [0.1, 0.15) is 0 Å². The highest BCUT2D eigenvalue weighted by Crippen LogP contribution is 2.32. The second kappa shape index (κ2) is 7.12. The van der Waals surface area contributed by atoms with E-state index < -0.39 is 0 Å². The van der Waals surface area contributed by atoms with Crippen LogP contribution in [-0.4, -0.2) is 18.4 Å². The van der Waals surface area contributed by atoms with Gasteiger partial charge in [0.25, 0.3) is 0 Å². The third-order valence-electron chi connectivity index (χ3n) is 4.85. The zero-order chi connectivity index (χ0) is 19.0. The van der Waals surface area contributed by atoms with E-state index in [-0.39, 0.29) is 24.2 Å². The Morgan fingerprint density at radius 3 is 2.35 bits per heavy atom. The molecule has 1 aliphatic rings. The lowest BCUT2D eigenvalue weighted by Gasteiger charge is -2.22. The number of nitrogens with one attached hydrogen (secondary N) is 1. The van der Waals surface area contributed by atoms with Gasteiger partial charge in [-0.05, 0) is 62.6 Å². The van der Waals surface area contributed by atoms with Crippen molar-refractivity contribution in [1.82, 2.24) is 0 Å². The van der Waals surface area contributed by atoms with Gasteiger partial charge in [-0.1, -0.05) is 29.3 Å². The van der Waals surface area contributed by atoms with Gasteiger partial charge in [-0.15, -0.1) is 0 Å². The van der Waals surface area contributed by atoms with Crippen LogP contribution in [0.25, 0.3) is 0 Å². The summed E-state index contributed by atoms with van der Waals surface area (Å²) in [5.41, 5.74) is 5.85. The summed E-state index contributed by atoms with van der Waals surface area (Å²) >= 11 is 5.96. The van der Waals surface area contributed by atoms with Gasteiger partial charge in [-0.3, -0.25) is 9.59 Å². The highest BCUT2D eigenvalue weighted by Gasteiger charge is 2.36. The van der Waals surface area contributed by atoms with Crippen LogP contribution < -0.4 is 10.2 Å². The molecule has 2 aromatic rings. The maximum atomic E-state index is 12.7. The number of hydrogen-bond donors (Lipinski definition) is 1. The van der Waals surface area contributed by atoms with E-state index in [1.54, 1.807) is 17.0 Å². The van der Waals surface area contributed by atoms with Crippen molar-refractivity contribution in [2.75, 3.05) is 16.8 Å². The second-order valence-electron chi connectivity index (χ2n) is 7.10. The zero-order valence-electron chi connectivity index (χ0n) is 15.5. The fourth-order valence-electron chi connectivity index (χ4n) is 3.70. The molecule has 0 aliphatic carbocycles. The fourth-order valence-corrected chi connectivity index (χ4v) is 3.93. The minimum atomic E-state index is -0.363. The number of amides is 2. The molecule has 1 fully saturated rings. The van der Waals surface area contributed by atoms with Crippen LogP contribution in [0.3, 0.4) is 0 Å². The standard InChI is InChI=1S/C21H23ClN2O2/c1-12-7-14(3)20(15(4)8-12)24-11-16(10-19(24)25)21(26)23-18-6-5-17(22)9-13(18)2/h5-9,16H,10-11H2,1-4H3,(H,23,26). The lowest BCUT2D eigenvalue weighted by atomic mass is 10.0. The normalized spacial score (nSPS) is 16.9. The van der Waals surface area contributed by atoms with Crippen molar-refractivity contribution in [2.24, 2.45) is 5.92 Å². The number of halogens is 1. The zero-order valence-corrected chi connectivity index (χ0v) is 16.3. The first-order valence-corrected chi connectivity index (χ1v) is 9.09. The van der Waals surface area contributed by atoms with Crippen molar-refractivity contribution in [2.45, 2.75) is 34.1 Å². The smallest absolute Gasteiger partial charge is 0.229 e. The van der Waals surface area contributed by atoms with Gasteiger partial charge in [0.05, 0.1) is 5.92 Å². The van der Waals surface area contributed by atoms with E-state index in [0.717, 1.165) is 28.1 Å². The average molecular weight is 371 g/mol. The van der Waals surface area contributed by atoms with Crippen molar-refractivity contribution < 1.29 is 9.59 Å². The van der Waals surface area contributed by atoms with Crippen LogP contribution in [0.2, 0.25) is 5.02 Å². The molecule has 0 saturated carbocycles. The SMILES string of the molecule is Cc1cc(C)c(N2CC(C(=O)Nc3ccc(Cl)cc3C)CC2=O)c(C)c1. The summed E-state index contributed by atoms with van der Waals surface area (Å²) in [7, 11) is 0. The van der Waals surface area contributed by atoms with E-state index in [4.69, 9.17) is 11.6 Å². The third kappa shape index (κ3) is 3.61. The Morgan fingerprint density at radius 1 is 1.08 bits per heavy atom. The summed E-state index contributed by atoms with van der Waals surface area (Å²) in [6.45, 7) is 8.36. The van der Waals surface area contributed by atoms with Crippen LogP contribution in [0, 0.1) is 33.6 Å². The Morgan fingerprint density at radius 2 is 1.73 bits per heavy atom. The molecule has 1 N–H and O–H groups in total. The first-order valence-electron chi connectivity index (χ1n) is 8.71. The number of rotatable bonds is 3. The Balaban J connectivity index is 1.78. The number of carbonyl (C=O) groups excluding carboxylic acids is 2. The lowest BCUT2D eigenvalue weighted by molar-refractivity contribution is -0.122. The number of nitrogens with zero attached hydrogens (tertiary/aromatic N) is 1. The molecule has 3 rings (SSSR count). The molecule has 4 nitrogen and oxygen atoms in total. The van der Waals surface area contributed by atoms with Crippen LogP contribution in [0.1, 0.15) is 28.7 Å². The molecule has 0 aromatic heterocycles. The predicted octanol–water partition coefficient (Wildman–Crippen LogP) is 4.57. The Bertz CT molecular complexity index is 869. The van der Waals surface area contributed by atoms with E-state index in [0.29, 0.717) is 11.6 Å². The number of carbonyl (C=O) groups is 2. The Labute approximate surface area is 159 Å². The number of hydrogen-bond acceptors (Lipinski definition) is 2. The minimum Gasteiger partial charge on any atom is -0.326 e. The molecule has 5 heteroatoms. The average Bonchev–Trinajstić information content (AvgIpc) is 2.91. The van der Waals surface area contributed by atoms with Gasteiger partial charge in [0.2, 0.25) is 11.8 Å². The topological polar surface area (TPSA) is 49.4 Å². The van der Waals surface area contributed by atoms with Crippen LogP contribution in [0.4, 0.5) is 11.4 Å². The van der Waals surface area contributed by atoms with Gasteiger partial charge in [-0.25, -0.2) is 0 Å². The first-order chi connectivity index (χ1) is 12.3. The Kier molecular flexibility index (Phi) is 5.05. The molecule has 1 unspecified atom stereocenters. The second-order valence-corrected chi connectivity index (χ2v) is 7.54. The van der Waals surface area contributed by atoms with Gasteiger partial charge in [0.15, 0.2) is 0 Å². The van der Waals surface area contributed by atoms with Crippen molar-refractivity contribution >= 4 is 34.8 Å². The monoisotopic (exact) mass is 370 g/mol. The van der Waals surface area contributed by atoms with Gasteiger partial charge in [0, 0.05) is 29.4 Å². The van der Waals surface area contributed by atoms with Crippen LogP contribution in [0.5, 0.6) is 0 Å². The molecule has 2 aromatic carbocycles. The van der Waals surface area contributed by atoms with Crippen molar-refractivity contribution in [3.05, 3.63) is 57.6 Å². The van der Waals surface area contributed by atoms with E-state index >= 15 is 0 Å². The Hall–Kier alpha value is -2.33. The molecular weight excluding hydrogens is 348 g/mol. The summed E-state index contributed by atoms with van der Waals surface area (Å²) in [4.78, 5) is 27.0. The first kappa shape index (κ1) is 18.5. The van der Waals surface area contributed by atoms with Gasteiger partial charge < -0.3 is 10.2 Å². The van der Waals surface area contributed by atoms with Crippen molar-refractivity contribution in [3.8, 4) is 0 Å². The maximum absolute atomic E-state index is 12.7. The fraction of sp³-hybridized carbons (Fsp3) is 0.333. The maximum Gasteiger partial charge on any atom is 0.229 e. The quantitative estimate of drug-likeness (QED) is 0.860. The predicted molar refractivity (Wildman–Crippen MR) is 106 cm³/mol. The summed E-state index contributed by atoms with van der Waals surface area (Å²) in [5.74, 6) is -0.501. The summed E-state index contributed by atoms with van der Waals surface area (Å²) in [6.07, 6.45) is 0.227. The number of benzene rings is 2. The minimum absolute atomic E-state index is 0.00645. The molecule has 0 bridgehead atoms. The lowest BCUT2D eigenvalue weighted by Crippen LogP contribution is -2.29. The highest BCUT2D eigenvalue weighted by molar-refractivity contribution is 6.30. The van der Waals surface area contributed by atoms with E-state index in [2.05, 4.69) is 17.4 Å². The largest absolute Gasteiger partial charge is 0.326 e. The molecule has 2 amide bonds. The number of anilines is 2. The molecule has 26 heavy (non-hydrogen) atoms. The van der Waals surface area contributed by atoms with E-state index in [1.807, 2.05) is 33.8 Å². The summed E-state index contributed by atoms with van der Waals surface area (Å²) in [6, 6.07) is 9.48. The van der Waals surface area contributed by atoms with Crippen molar-refractivity contribution in [1.29, 1.82) is 0 Å². The number of aryl methyl sites for hydroxylation is 4. The summed E-state index contributed by atoms with van der Waals surface area (Å²) in [5, 5.41) is 3.57. The third-order valence-corrected chi connectivity index (χ3v) is 5.08. The highest BCUT2D eigenvalue weighted by atomic mass is 35.5. The van der Waals surface area contributed by atoms with Crippen LogP contribution in [-0.2, 0) is 9.59 Å². The van der Waals surface area contributed by atoms with Crippen LogP contribution >= 0.6 is 11.6 Å². The molecule has 0 spiro atoms. The molecule has 1 aliphatic heterocycles. The van der Waals surface area contributed by atoms with Gasteiger partial charge >= 0.3 is 0 Å². The molecule has 1 saturated heterocycles. The molecule has 136 valence electrons. The van der Waals surface area contributed by atoms with Crippen molar-refractivity contribution in [3.63, 3.8) is 0 Å². The summed E-state index contributed by atoms with van der Waals surface area (Å²) < 4.78 is 0. The van der Waals surface area contributed by atoms with E-state index in [9.17, 15) is 9.59 Å². The molecule has 0 radical (unpaired) electrons.